The Morgan fingerprint density at radius 3 is 2.87 bits per heavy atom. The van der Waals surface area contributed by atoms with Crippen molar-refractivity contribution >= 4 is 15.9 Å². The first-order chi connectivity index (χ1) is 7.29. The van der Waals surface area contributed by atoms with Crippen LogP contribution in [0.25, 0.3) is 0 Å². The van der Waals surface area contributed by atoms with Crippen LogP contribution in [-0.2, 0) is 0 Å². The fourth-order valence-electron chi connectivity index (χ4n) is 1.87. The number of nitrogens with one attached hydrogen (secondary N) is 1. The molecule has 1 unspecified atom stereocenters. The largest absolute Gasteiger partial charge is 0.314 e. The third kappa shape index (κ3) is 2.53. The smallest absolute Gasteiger partial charge is 0.115 e. The average molecular weight is 271 g/mol. The molecular formula is C10H15BrN4. The lowest BCUT2D eigenvalue weighted by Crippen LogP contribution is -2.44. The summed E-state index contributed by atoms with van der Waals surface area (Å²) in [5.74, 6) is 0. The topological polar surface area (TPSA) is 41.1 Å². The Morgan fingerprint density at radius 2 is 2.20 bits per heavy atom. The van der Waals surface area contributed by atoms with E-state index in [1.165, 1.54) is 0 Å². The molecule has 0 spiro atoms. The molecule has 5 heteroatoms. The summed E-state index contributed by atoms with van der Waals surface area (Å²) in [5.41, 5.74) is 1.08. The molecule has 1 aromatic heterocycles. The quantitative estimate of drug-likeness (QED) is 0.877. The van der Waals surface area contributed by atoms with Crippen LogP contribution in [-0.4, -0.2) is 41.0 Å². The van der Waals surface area contributed by atoms with Gasteiger partial charge in [-0.25, -0.2) is 9.97 Å². The van der Waals surface area contributed by atoms with E-state index in [1.54, 1.807) is 12.5 Å². The molecule has 1 aliphatic rings. The normalized spacial score (nSPS) is 20.1. The zero-order valence-corrected chi connectivity index (χ0v) is 10.4. The van der Waals surface area contributed by atoms with Crippen molar-refractivity contribution in [2.45, 2.75) is 13.0 Å². The molecule has 1 aromatic rings. The second kappa shape index (κ2) is 5.01. The number of nitrogens with zero attached hydrogens (tertiary/aromatic N) is 3. The molecule has 0 aliphatic carbocycles. The highest BCUT2D eigenvalue weighted by molar-refractivity contribution is 9.10. The molecule has 82 valence electrons. The van der Waals surface area contributed by atoms with Crippen LogP contribution in [0.1, 0.15) is 18.7 Å². The van der Waals surface area contributed by atoms with Crippen LogP contribution in [0.3, 0.4) is 0 Å². The summed E-state index contributed by atoms with van der Waals surface area (Å²) in [6.45, 7) is 6.48. The fourth-order valence-corrected chi connectivity index (χ4v) is 2.42. The lowest BCUT2D eigenvalue weighted by Gasteiger charge is -2.32. The average Bonchev–Trinajstić information content (AvgIpc) is 2.30. The minimum atomic E-state index is 0.351. The number of aromatic nitrogens is 2. The van der Waals surface area contributed by atoms with Gasteiger partial charge in [-0.2, -0.15) is 0 Å². The molecule has 0 radical (unpaired) electrons. The lowest BCUT2D eigenvalue weighted by molar-refractivity contribution is 0.182. The summed E-state index contributed by atoms with van der Waals surface area (Å²) >= 11 is 3.50. The van der Waals surface area contributed by atoms with Gasteiger partial charge in [-0.15, -0.1) is 0 Å². The van der Waals surface area contributed by atoms with E-state index in [-0.39, 0.29) is 0 Å². The van der Waals surface area contributed by atoms with Crippen molar-refractivity contribution in [1.29, 1.82) is 0 Å². The number of piperazine rings is 1. The zero-order chi connectivity index (χ0) is 10.7. The van der Waals surface area contributed by atoms with Crippen LogP contribution in [0.2, 0.25) is 0 Å². The predicted octanol–water partition coefficient (Wildman–Crippen LogP) is 1.21. The van der Waals surface area contributed by atoms with Gasteiger partial charge in [0.1, 0.15) is 6.33 Å². The van der Waals surface area contributed by atoms with E-state index < -0.39 is 0 Å². The first-order valence-electron chi connectivity index (χ1n) is 5.19. The minimum Gasteiger partial charge on any atom is -0.314 e. The van der Waals surface area contributed by atoms with E-state index in [0.29, 0.717) is 6.04 Å². The van der Waals surface area contributed by atoms with Crippen LogP contribution in [0.15, 0.2) is 17.0 Å². The Balaban J connectivity index is 2.12. The number of halogens is 1. The molecule has 4 nitrogen and oxygen atoms in total. The van der Waals surface area contributed by atoms with Gasteiger partial charge in [0.25, 0.3) is 0 Å². The standard InChI is InChI=1S/C10H15BrN4/c1-8(15-4-2-12-3-5-15)10-9(11)6-13-7-14-10/h6-8,12H,2-5H2,1H3. The molecule has 0 amide bonds. The Bertz CT molecular complexity index is 325. The van der Waals surface area contributed by atoms with Crippen LogP contribution in [0.5, 0.6) is 0 Å². The van der Waals surface area contributed by atoms with Gasteiger partial charge >= 0.3 is 0 Å². The molecule has 1 saturated heterocycles. The molecule has 1 N–H and O–H groups in total. The third-order valence-corrected chi connectivity index (χ3v) is 3.40. The van der Waals surface area contributed by atoms with E-state index >= 15 is 0 Å². The van der Waals surface area contributed by atoms with Crippen LogP contribution >= 0.6 is 15.9 Å². The molecule has 1 fully saturated rings. The monoisotopic (exact) mass is 270 g/mol. The third-order valence-electron chi connectivity index (χ3n) is 2.79. The molecule has 0 bridgehead atoms. The van der Waals surface area contributed by atoms with Gasteiger partial charge in [0.15, 0.2) is 0 Å². The Kier molecular flexibility index (Phi) is 3.66. The van der Waals surface area contributed by atoms with Crippen LogP contribution in [0, 0.1) is 0 Å². The van der Waals surface area contributed by atoms with E-state index in [4.69, 9.17) is 0 Å². The summed E-state index contributed by atoms with van der Waals surface area (Å²) < 4.78 is 0.996. The molecule has 2 rings (SSSR count). The zero-order valence-electron chi connectivity index (χ0n) is 8.78. The summed E-state index contributed by atoms with van der Waals surface area (Å²) in [6.07, 6.45) is 3.42. The molecule has 2 heterocycles. The molecule has 15 heavy (non-hydrogen) atoms. The molecule has 0 aromatic carbocycles. The first-order valence-corrected chi connectivity index (χ1v) is 5.98. The molecule has 0 saturated carbocycles. The van der Waals surface area contributed by atoms with E-state index in [2.05, 4.69) is 43.0 Å². The predicted molar refractivity (Wildman–Crippen MR) is 62.6 cm³/mol. The van der Waals surface area contributed by atoms with Crippen molar-refractivity contribution in [2.24, 2.45) is 0 Å². The van der Waals surface area contributed by atoms with Gasteiger partial charge in [0.05, 0.1) is 16.2 Å². The van der Waals surface area contributed by atoms with E-state index in [9.17, 15) is 0 Å². The summed E-state index contributed by atoms with van der Waals surface area (Å²) in [6, 6.07) is 0.351. The number of hydrogen-bond acceptors (Lipinski definition) is 4. The second-order valence-corrected chi connectivity index (χ2v) is 4.57. The van der Waals surface area contributed by atoms with Crippen LogP contribution in [0.4, 0.5) is 0 Å². The van der Waals surface area contributed by atoms with E-state index in [0.717, 1.165) is 36.3 Å². The van der Waals surface area contributed by atoms with Gasteiger partial charge < -0.3 is 5.32 Å². The van der Waals surface area contributed by atoms with Gasteiger partial charge in [-0.3, -0.25) is 4.90 Å². The van der Waals surface area contributed by atoms with Crippen molar-refractivity contribution < 1.29 is 0 Å². The van der Waals surface area contributed by atoms with Crippen LogP contribution < -0.4 is 5.32 Å². The fraction of sp³-hybridized carbons (Fsp3) is 0.600. The maximum atomic E-state index is 4.33. The maximum absolute atomic E-state index is 4.33. The van der Waals surface area contributed by atoms with Crippen molar-refractivity contribution in [2.75, 3.05) is 26.2 Å². The van der Waals surface area contributed by atoms with Crippen molar-refractivity contribution in [3.63, 3.8) is 0 Å². The van der Waals surface area contributed by atoms with Gasteiger partial charge in [0.2, 0.25) is 0 Å². The maximum Gasteiger partial charge on any atom is 0.115 e. The molecule has 1 aliphatic heterocycles. The SMILES string of the molecule is CC(c1ncncc1Br)N1CCNCC1. The number of rotatable bonds is 2. The van der Waals surface area contributed by atoms with Gasteiger partial charge in [-0.05, 0) is 22.9 Å². The highest BCUT2D eigenvalue weighted by Gasteiger charge is 2.20. The first kappa shape index (κ1) is 11.0. The van der Waals surface area contributed by atoms with Crippen molar-refractivity contribution in [3.05, 3.63) is 22.7 Å². The minimum absolute atomic E-state index is 0.351. The Morgan fingerprint density at radius 1 is 1.47 bits per heavy atom. The van der Waals surface area contributed by atoms with Crippen molar-refractivity contribution in [3.8, 4) is 0 Å². The number of hydrogen-bond donors (Lipinski definition) is 1. The summed E-state index contributed by atoms with van der Waals surface area (Å²) in [7, 11) is 0. The highest BCUT2D eigenvalue weighted by atomic mass is 79.9. The van der Waals surface area contributed by atoms with Gasteiger partial charge in [0, 0.05) is 32.4 Å². The van der Waals surface area contributed by atoms with Gasteiger partial charge in [-0.1, -0.05) is 0 Å². The van der Waals surface area contributed by atoms with E-state index in [1.807, 2.05) is 0 Å². The lowest BCUT2D eigenvalue weighted by atomic mass is 10.2. The Hall–Kier alpha value is -0.520. The van der Waals surface area contributed by atoms with Crippen molar-refractivity contribution in [1.82, 2.24) is 20.2 Å². The second-order valence-electron chi connectivity index (χ2n) is 3.72. The summed E-state index contributed by atoms with van der Waals surface area (Å²) in [5, 5.41) is 3.35. The summed E-state index contributed by atoms with van der Waals surface area (Å²) in [4.78, 5) is 10.8. The molecule has 1 atom stereocenters. The highest BCUT2D eigenvalue weighted by Crippen LogP contribution is 2.24. The molecular weight excluding hydrogens is 256 g/mol. The Labute approximate surface area is 98.2 Å².